The van der Waals surface area contributed by atoms with Crippen LogP contribution in [0.15, 0.2) is 46.0 Å². The number of amides is 1. The maximum Gasteiger partial charge on any atom is 0.259 e. The zero-order valence-electron chi connectivity index (χ0n) is 17.4. The van der Waals surface area contributed by atoms with Crippen molar-refractivity contribution in [1.29, 1.82) is 0 Å². The monoisotopic (exact) mass is 464 g/mol. The largest absolute Gasteiger partial charge is 0.490 e. The van der Waals surface area contributed by atoms with Crippen molar-refractivity contribution >= 4 is 37.2 Å². The number of carbonyl (C=O) groups is 1. The summed E-state index contributed by atoms with van der Waals surface area (Å²) in [6, 6.07) is 7.97. The van der Waals surface area contributed by atoms with E-state index < -0.39 is 25.1 Å². The van der Waals surface area contributed by atoms with Crippen molar-refractivity contribution in [2.45, 2.75) is 30.2 Å². The molecule has 1 aliphatic heterocycles. The van der Waals surface area contributed by atoms with Crippen molar-refractivity contribution < 1.29 is 22.2 Å². The Morgan fingerprint density at radius 3 is 2.74 bits per heavy atom. The lowest BCUT2D eigenvalue weighted by atomic mass is 10.0. The minimum atomic E-state index is -3.65. The molecule has 2 aromatic rings. The van der Waals surface area contributed by atoms with Gasteiger partial charge >= 0.3 is 0 Å². The van der Waals surface area contributed by atoms with Gasteiger partial charge in [0, 0.05) is 27.5 Å². The first-order valence-corrected chi connectivity index (χ1v) is 13.0. The molecule has 1 aliphatic rings. The predicted octanol–water partition coefficient (Wildman–Crippen LogP) is 0.923. The summed E-state index contributed by atoms with van der Waals surface area (Å²) in [6.07, 6.45) is 2.87. The molecule has 3 rings (SSSR count). The molecule has 0 bridgehead atoms. The number of sulfonamides is 1. The number of nitrogens with two attached hydrogens (primary N) is 1. The summed E-state index contributed by atoms with van der Waals surface area (Å²) in [5, 5.41) is 3.11. The minimum Gasteiger partial charge on any atom is -0.490 e. The first-order valence-electron chi connectivity index (χ1n) is 9.21. The van der Waals surface area contributed by atoms with Crippen LogP contribution in [0.2, 0.25) is 0 Å². The molecule has 1 aromatic heterocycles. The number of benzene rings is 1. The van der Waals surface area contributed by atoms with E-state index in [1.54, 1.807) is 32.0 Å². The standard InChI is InChI=1S/C20H24N4O5S2/c1-20(2,23-19(25)13-8-9-22-16(10-13)30(3,4)26)12-29-15-7-5-6-14-11-31(27,28)24-18(21)17(14)15/h5-10H,3,11-12H2,1-2,4H3,(H2,21,24)(H,23,25). The van der Waals surface area contributed by atoms with Crippen molar-refractivity contribution in [3.05, 3.63) is 53.2 Å². The molecular weight excluding hydrogens is 440 g/mol. The van der Waals surface area contributed by atoms with E-state index in [9.17, 15) is 17.4 Å². The molecule has 11 heteroatoms. The summed E-state index contributed by atoms with van der Waals surface area (Å²) >= 11 is 0. The van der Waals surface area contributed by atoms with Gasteiger partial charge in [-0.3, -0.25) is 9.00 Å². The van der Waals surface area contributed by atoms with Gasteiger partial charge in [-0.25, -0.2) is 13.4 Å². The molecule has 0 radical (unpaired) electrons. The van der Waals surface area contributed by atoms with Crippen LogP contribution in [0.1, 0.15) is 35.3 Å². The molecule has 2 heterocycles. The number of hydrogen-bond donors (Lipinski definition) is 2. The van der Waals surface area contributed by atoms with Crippen molar-refractivity contribution in [2.24, 2.45) is 10.1 Å². The minimum absolute atomic E-state index is 0.0764. The van der Waals surface area contributed by atoms with Gasteiger partial charge in [-0.05, 0) is 43.5 Å². The second-order valence-corrected chi connectivity index (χ2v) is 12.1. The lowest BCUT2D eigenvalue weighted by Crippen LogP contribution is -2.48. The highest BCUT2D eigenvalue weighted by atomic mass is 32.2. The molecule has 0 fully saturated rings. The Bertz CT molecular complexity index is 1280. The molecule has 0 saturated carbocycles. The number of ether oxygens (including phenoxy) is 1. The van der Waals surface area contributed by atoms with Gasteiger partial charge in [-0.2, -0.15) is 0 Å². The van der Waals surface area contributed by atoms with Crippen LogP contribution in [0.25, 0.3) is 0 Å². The average Bonchev–Trinajstić information content (AvgIpc) is 2.64. The van der Waals surface area contributed by atoms with E-state index >= 15 is 0 Å². The molecule has 0 aliphatic carbocycles. The van der Waals surface area contributed by atoms with Gasteiger partial charge in [0.05, 0.1) is 16.9 Å². The van der Waals surface area contributed by atoms with Gasteiger partial charge in [0.25, 0.3) is 15.9 Å². The van der Waals surface area contributed by atoms with E-state index in [2.05, 4.69) is 20.6 Å². The SMILES string of the molecule is C=S(C)(=O)c1cc(C(=O)NC(C)(C)COc2cccc3c2C(N)=NS(=O)(=O)C3)ccn1. The number of hydrogen-bond acceptors (Lipinski definition) is 7. The van der Waals surface area contributed by atoms with Gasteiger partial charge in [-0.1, -0.05) is 12.1 Å². The Balaban J connectivity index is 1.75. The first-order chi connectivity index (χ1) is 14.3. The Labute approximate surface area is 181 Å². The van der Waals surface area contributed by atoms with Crippen molar-refractivity contribution in [3.63, 3.8) is 0 Å². The van der Waals surface area contributed by atoms with Crippen LogP contribution in [0.5, 0.6) is 5.75 Å². The van der Waals surface area contributed by atoms with Gasteiger partial charge < -0.3 is 15.8 Å². The average molecular weight is 465 g/mol. The van der Waals surface area contributed by atoms with E-state index in [1.165, 1.54) is 24.6 Å². The predicted molar refractivity (Wildman–Crippen MR) is 121 cm³/mol. The topological polar surface area (TPSA) is 141 Å². The number of aromatic nitrogens is 1. The van der Waals surface area contributed by atoms with E-state index in [-0.39, 0.29) is 29.1 Å². The number of nitrogens with zero attached hydrogens (tertiary/aromatic N) is 2. The molecule has 1 atom stereocenters. The fourth-order valence-corrected chi connectivity index (χ4v) is 4.74. The van der Waals surface area contributed by atoms with E-state index in [1.807, 2.05) is 0 Å². The quantitative estimate of drug-likeness (QED) is 0.606. The summed E-state index contributed by atoms with van der Waals surface area (Å²) in [7, 11) is -6.20. The van der Waals surface area contributed by atoms with Crippen molar-refractivity contribution in [2.75, 3.05) is 12.9 Å². The summed E-state index contributed by atoms with van der Waals surface area (Å²) in [4.78, 5) is 16.7. The first kappa shape index (κ1) is 22.8. The molecule has 9 nitrogen and oxygen atoms in total. The van der Waals surface area contributed by atoms with E-state index in [0.717, 1.165) is 0 Å². The third kappa shape index (κ3) is 5.42. The van der Waals surface area contributed by atoms with E-state index in [4.69, 9.17) is 10.5 Å². The molecule has 31 heavy (non-hydrogen) atoms. The smallest absolute Gasteiger partial charge is 0.259 e. The van der Waals surface area contributed by atoms with Gasteiger partial charge in [0.1, 0.15) is 23.2 Å². The molecule has 0 saturated heterocycles. The zero-order valence-corrected chi connectivity index (χ0v) is 19.0. The molecule has 3 N–H and O–H groups in total. The lowest BCUT2D eigenvalue weighted by Gasteiger charge is -2.27. The van der Waals surface area contributed by atoms with E-state index in [0.29, 0.717) is 22.4 Å². The number of amidine groups is 1. The van der Waals surface area contributed by atoms with Crippen LogP contribution < -0.4 is 15.8 Å². The molecule has 1 unspecified atom stereocenters. The van der Waals surface area contributed by atoms with Crippen molar-refractivity contribution in [1.82, 2.24) is 10.3 Å². The lowest BCUT2D eigenvalue weighted by molar-refractivity contribution is 0.0880. The third-order valence-corrected chi connectivity index (χ3v) is 6.68. The maximum atomic E-state index is 12.7. The zero-order chi connectivity index (χ0) is 23.0. The van der Waals surface area contributed by atoms with Crippen LogP contribution in [0, 0.1) is 0 Å². The Morgan fingerprint density at radius 1 is 1.35 bits per heavy atom. The normalized spacial score (nSPS) is 17.1. The van der Waals surface area contributed by atoms with Gasteiger partial charge in [0.15, 0.2) is 0 Å². The van der Waals surface area contributed by atoms with Crippen LogP contribution >= 0.6 is 0 Å². The fraction of sp³-hybridized carbons (Fsp3) is 0.300. The molecule has 1 amide bonds. The summed E-state index contributed by atoms with van der Waals surface area (Å²) in [5.74, 6) is 3.20. The maximum absolute atomic E-state index is 12.7. The number of pyridine rings is 1. The Morgan fingerprint density at radius 2 is 2.06 bits per heavy atom. The highest BCUT2D eigenvalue weighted by molar-refractivity contribution is 7.99. The number of nitrogens with one attached hydrogen (secondary N) is 1. The number of rotatable bonds is 6. The fourth-order valence-electron chi connectivity index (χ4n) is 2.99. The molecule has 0 spiro atoms. The van der Waals surface area contributed by atoms with Crippen LogP contribution in [-0.2, 0) is 25.3 Å². The van der Waals surface area contributed by atoms with Crippen LogP contribution in [0.3, 0.4) is 0 Å². The second-order valence-electron chi connectivity index (χ2n) is 8.01. The molecular formula is C20H24N4O5S2. The highest BCUT2D eigenvalue weighted by Crippen LogP contribution is 2.28. The van der Waals surface area contributed by atoms with Crippen LogP contribution in [0.4, 0.5) is 0 Å². The van der Waals surface area contributed by atoms with Gasteiger partial charge in [0.2, 0.25) is 0 Å². The summed E-state index contributed by atoms with van der Waals surface area (Å²) in [5.41, 5.74) is 6.30. The summed E-state index contributed by atoms with van der Waals surface area (Å²) < 4.78 is 45.2. The molecule has 1 aromatic carbocycles. The Kier molecular flexibility index (Phi) is 5.85. The van der Waals surface area contributed by atoms with Crippen LogP contribution in [-0.4, -0.2) is 53.6 Å². The summed E-state index contributed by atoms with van der Waals surface area (Å²) in [6.45, 7) is 3.62. The Hall–Kier alpha value is -2.92. The van der Waals surface area contributed by atoms with Gasteiger partial charge in [-0.15, -0.1) is 4.40 Å². The number of fused-ring (bicyclic) bond motifs is 1. The third-order valence-electron chi connectivity index (χ3n) is 4.42. The molecule has 166 valence electrons. The highest BCUT2D eigenvalue weighted by Gasteiger charge is 2.27. The second kappa shape index (κ2) is 7.97. The number of carbonyl (C=O) groups excluding carboxylic acids is 1. The van der Waals surface area contributed by atoms with Crippen molar-refractivity contribution in [3.8, 4) is 5.75 Å².